The van der Waals surface area contributed by atoms with Gasteiger partial charge in [0, 0.05) is 18.9 Å². The molecule has 0 spiro atoms. The first-order valence-electron chi connectivity index (χ1n) is 8.02. The smallest absolute Gasteiger partial charge is 0.220 e. The third kappa shape index (κ3) is 6.48. The minimum absolute atomic E-state index is 0. The summed E-state index contributed by atoms with van der Waals surface area (Å²) in [7, 11) is 1.67. The number of hydrogen-bond acceptors (Lipinski definition) is 5. The number of thiazole rings is 1. The lowest BCUT2D eigenvalue weighted by Crippen LogP contribution is -2.38. The van der Waals surface area contributed by atoms with Crippen LogP contribution in [0.4, 0.5) is 0 Å². The van der Waals surface area contributed by atoms with Crippen LogP contribution in [0, 0.1) is 5.41 Å². The molecule has 140 valence electrons. The Hall–Kier alpha value is -0.400. The van der Waals surface area contributed by atoms with E-state index in [0.717, 1.165) is 23.5 Å². The summed E-state index contributed by atoms with van der Waals surface area (Å²) < 4.78 is 5.25. The SMILES string of the molecule is COC(C)c1nc(CNC(=O)CC2(CN)CCCCC2)cs1.Cl.Cl. The van der Waals surface area contributed by atoms with Crippen molar-refractivity contribution in [2.75, 3.05) is 13.7 Å². The third-order valence-corrected chi connectivity index (χ3v) is 5.67. The van der Waals surface area contributed by atoms with Crippen molar-refractivity contribution >= 4 is 42.1 Å². The first-order valence-corrected chi connectivity index (χ1v) is 8.90. The Morgan fingerprint density at radius 1 is 1.42 bits per heavy atom. The summed E-state index contributed by atoms with van der Waals surface area (Å²) >= 11 is 1.57. The van der Waals surface area contributed by atoms with Crippen LogP contribution in [0.5, 0.6) is 0 Å². The van der Waals surface area contributed by atoms with Crippen LogP contribution in [-0.2, 0) is 16.1 Å². The third-order valence-electron chi connectivity index (χ3n) is 4.62. The molecule has 3 N–H and O–H groups in total. The van der Waals surface area contributed by atoms with Crippen molar-refractivity contribution in [3.05, 3.63) is 16.1 Å². The maximum atomic E-state index is 12.2. The Morgan fingerprint density at radius 2 is 2.08 bits per heavy atom. The highest BCUT2D eigenvalue weighted by Gasteiger charge is 2.32. The van der Waals surface area contributed by atoms with Gasteiger partial charge in [-0.25, -0.2) is 4.98 Å². The molecule has 1 aromatic heterocycles. The first-order chi connectivity index (χ1) is 10.6. The molecular formula is C16H29Cl2N3O2S. The molecule has 0 aliphatic heterocycles. The Kier molecular flexibility index (Phi) is 11.1. The molecule has 1 amide bonds. The molecule has 8 heteroatoms. The molecule has 5 nitrogen and oxygen atoms in total. The van der Waals surface area contributed by atoms with Crippen molar-refractivity contribution in [2.24, 2.45) is 11.1 Å². The molecule has 1 aliphatic rings. The monoisotopic (exact) mass is 397 g/mol. The molecule has 0 bridgehead atoms. The number of aromatic nitrogens is 1. The normalized spacial score (nSPS) is 17.3. The number of nitrogens with one attached hydrogen (secondary N) is 1. The number of halogens is 2. The second-order valence-electron chi connectivity index (χ2n) is 6.27. The van der Waals surface area contributed by atoms with E-state index in [1.54, 1.807) is 18.4 Å². The van der Waals surface area contributed by atoms with Gasteiger partial charge in [-0.05, 0) is 31.7 Å². The van der Waals surface area contributed by atoms with Gasteiger partial charge in [-0.3, -0.25) is 4.79 Å². The zero-order valence-electron chi connectivity index (χ0n) is 14.4. The minimum atomic E-state index is -0.00259. The summed E-state index contributed by atoms with van der Waals surface area (Å²) in [4.78, 5) is 16.7. The van der Waals surface area contributed by atoms with Gasteiger partial charge in [-0.1, -0.05) is 19.3 Å². The van der Waals surface area contributed by atoms with E-state index in [1.165, 1.54) is 19.3 Å². The molecular weight excluding hydrogens is 369 g/mol. The minimum Gasteiger partial charge on any atom is -0.375 e. The molecule has 2 rings (SSSR count). The molecule has 0 saturated heterocycles. The van der Waals surface area contributed by atoms with Crippen molar-refractivity contribution < 1.29 is 9.53 Å². The summed E-state index contributed by atoms with van der Waals surface area (Å²) in [6.45, 7) is 3.05. The number of nitrogens with two attached hydrogens (primary N) is 1. The summed E-state index contributed by atoms with van der Waals surface area (Å²) in [5.41, 5.74) is 6.85. The van der Waals surface area contributed by atoms with E-state index in [1.807, 2.05) is 12.3 Å². The standard InChI is InChI=1S/C16H27N3O2S.2ClH/c1-12(21-2)15-19-13(10-22-15)9-18-14(20)8-16(11-17)6-4-3-5-7-16;;/h10,12H,3-9,11,17H2,1-2H3,(H,18,20);2*1H. The number of rotatable bonds is 7. The van der Waals surface area contributed by atoms with Gasteiger partial charge in [-0.2, -0.15) is 0 Å². The fourth-order valence-electron chi connectivity index (χ4n) is 3.04. The van der Waals surface area contributed by atoms with Crippen molar-refractivity contribution in [1.82, 2.24) is 10.3 Å². The average molecular weight is 398 g/mol. The average Bonchev–Trinajstić information content (AvgIpc) is 3.02. The number of carbonyl (C=O) groups excluding carboxylic acids is 1. The van der Waals surface area contributed by atoms with E-state index < -0.39 is 0 Å². The van der Waals surface area contributed by atoms with Crippen LogP contribution >= 0.6 is 36.2 Å². The number of carbonyl (C=O) groups is 1. The van der Waals surface area contributed by atoms with Crippen LogP contribution in [-0.4, -0.2) is 24.5 Å². The molecule has 1 fully saturated rings. The van der Waals surface area contributed by atoms with Gasteiger partial charge in [0.15, 0.2) is 0 Å². The molecule has 24 heavy (non-hydrogen) atoms. The highest BCUT2D eigenvalue weighted by molar-refractivity contribution is 7.09. The number of methoxy groups -OCH3 is 1. The lowest BCUT2D eigenvalue weighted by molar-refractivity contribution is -0.124. The number of nitrogens with zero attached hydrogens (tertiary/aromatic N) is 1. The molecule has 1 aromatic rings. The topological polar surface area (TPSA) is 77.2 Å². The van der Waals surface area contributed by atoms with E-state index in [2.05, 4.69) is 10.3 Å². The van der Waals surface area contributed by atoms with Gasteiger partial charge in [-0.15, -0.1) is 36.2 Å². The Bertz CT molecular complexity index is 493. The number of amides is 1. The fraction of sp³-hybridized carbons (Fsp3) is 0.750. The maximum Gasteiger partial charge on any atom is 0.220 e. The van der Waals surface area contributed by atoms with E-state index in [0.29, 0.717) is 19.5 Å². The Balaban J connectivity index is 0.00000264. The second kappa shape index (κ2) is 11.3. The summed E-state index contributed by atoms with van der Waals surface area (Å²) in [6.07, 6.45) is 6.32. The predicted octanol–water partition coefficient (Wildman–Crippen LogP) is 3.61. The molecule has 1 saturated carbocycles. The first kappa shape index (κ1) is 23.6. The highest BCUT2D eigenvalue weighted by Crippen LogP contribution is 2.38. The molecule has 1 unspecified atom stereocenters. The van der Waals surface area contributed by atoms with E-state index in [9.17, 15) is 4.79 Å². The van der Waals surface area contributed by atoms with Crippen LogP contribution in [0.1, 0.15) is 62.3 Å². The fourth-order valence-corrected chi connectivity index (χ4v) is 3.89. The van der Waals surface area contributed by atoms with Gasteiger partial charge < -0.3 is 15.8 Å². The zero-order valence-corrected chi connectivity index (χ0v) is 16.8. The predicted molar refractivity (Wildman–Crippen MR) is 103 cm³/mol. The second-order valence-corrected chi connectivity index (χ2v) is 7.16. The lowest BCUT2D eigenvalue weighted by atomic mass is 9.71. The molecule has 1 atom stereocenters. The van der Waals surface area contributed by atoms with Gasteiger partial charge in [0.2, 0.25) is 5.91 Å². The maximum absolute atomic E-state index is 12.2. The molecule has 0 radical (unpaired) electrons. The lowest BCUT2D eigenvalue weighted by Gasteiger charge is -2.35. The van der Waals surface area contributed by atoms with Crippen LogP contribution in [0.15, 0.2) is 5.38 Å². The van der Waals surface area contributed by atoms with Crippen LogP contribution in [0.3, 0.4) is 0 Å². The summed E-state index contributed by atoms with van der Waals surface area (Å²) in [6, 6.07) is 0. The van der Waals surface area contributed by atoms with Crippen molar-refractivity contribution in [1.29, 1.82) is 0 Å². The summed E-state index contributed by atoms with van der Waals surface area (Å²) in [5.74, 6) is 0.0849. The highest BCUT2D eigenvalue weighted by atomic mass is 35.5. The molecule has 0 aromatic carbocycles. The van der Waals surface area contributed by atoms with Gasteiger partial charge in [0.25, 0.3) is 0 Å². The Labute approximate surface area is 161 Å². The van der Waals surface area contributed by atoms with Crippen molar-refractivity contribution in [2.45, 2.75) is 58.1 Å². The van der Waals surface area contributed by atoms with Gasteiger partial charge in [0.1, 0.15) is 11.1 Å². The Morgan fingerprint density at radius 3 is 2.67 bits per heavy atom. The van der Waals surface area contributed by atoms with Crippen molar-refractivity contribution in [3.8, 4) is 0 Å². The molecule has 1 heterocycles. The van der Waals surface area contributed by atoms with Crippen LogP contribution in [0.2, 0.25) is 0 Å². The molecule has 1 aliphatic carbocycles. The van der Waals surface area contributed by atoms with E-state index >= 15 is 0 Å². The van der Waals surface area contributed by atoms with Crippen LogP contribution in [0.25, 0.3) is 0 Å². The van der Waals surface area contributed by atoms with E-state index in [-0.39, 0.29) is 42.2 Å². The van der Waals surface area contributed by atoms with E-state index in [4.69, 9.17) is 10.5 Å². The van der Waals surface area contributed by atoms with Crippen LogP contribution < -0.4 is 11.1 Å². The zero-order chi connectivity index (χ0) is 16.0. The van der Waals surface area contributed by atoms with Gasteiger partial charge in [0.05, 0.1) is 12.2 Å². The summed E-state index contributed by atoms with van der Waals surface area (Å²) in [5, 5.41) is 5.90. The largest absolute Gasteiger partial charge is 0.375 e. The van der Waals surface area contributed by atoms with Gasteiger partial charge >= 0.3 is 0 Å². The number of hydrogen-bond donors (Lipinski definition) is 2. The van der Waals surface area contributed by atoms with Crippen molar-refractivity contribution in [3.63, 3.8) is 0 Å². The quantitative estimate of drug-likeness (QED) is 0.736. The number of ether oxygens (including phenoxy) is 1.